The summed E-state index contributed by atoms with van der Waals surface area (Å²) in [6, 6.07) is 0. The van der Waals surface area contributed by atoms with E-state index in [2.05, 4.69) is 4.52 Å². The van der Waals surface area contributed by atoms with Crippen molar-refractivity contribution in [1.82, 2.24) is 0 Å². The molecule has 0 amide bonds. The summed E-state index contributed by atoms with van der Waals surface area (Å²) in [7, 11) is -4.20. The molecule has 0 fully saturated rings. The second-order valence-corrected chi connectivity index (χ2v) is 2.92. The minimum atomic E-state index is -4.20. The van der Waals surface area contributed by atoms with Crippen molar-refractivity contribution in [3.8, 4) is 0 Å². The monoisotopic (exact) mass is 226 g/mol. The summed E-state index contributed by atoms with van der Waals surface area (Å²) in [4.78, 5) is 16.3. The summed E-state index contributed by atoms with van der Waals surface area (Å²) in [5, 5.41) is 0. The lowest BCUT2D eigenvalue weighted by molar-refractivity contribution is 0.194. The quantitative estimate of drug-likeness (QED) is 0.567. The Hall–Kier alpha value is 0.690. The van der Waals surface area contributed by atoms with Gasteiger partial charge in [0, 0.05) is 0 Å². The van der Waals surface area contributed by atoms with Crippen LogP contribution in [0, 0.1) is 0 Å². The molecule has 0 rings (SSSR count). The van der Waals surface area contributed by atoms with Crippen molar-refractivity contribution < 1.29 is 18.9 Å². The minimum absolute atomic E-state index is 0. The van der Waals surface area contributed by atoms with Gasteiger partial charge < -0.3 is 9.79 Å². The number of rotatable bonds is 4. The van der Waals surface area contributed by atoms with Gasteiger partial charge in [0.05, 0.1) is 6.61 Å². The maximum Gasteiger partial charge on any atom is 0.469 e. The summed E-state index contributed by atoms with van der Waals surface area (Å²) in [6.45, 7) is 2.06. The number of hydrogen-bond acceptors (Lipinski definition) is 2. The van der Waals surface area contributed by atoms with E-state index in [1.165, 1.54) is 0 Å². The molecule has 0 aromatic carbocycles. The molecule has 7 heteroatoms. The lowest BCUT2D eigenvalue weighted by Crippen LogP contribution is -1.90. The molecule has 0 heterocycles. The highest BCUT2D eigenvalue weighted by atomic mass is 35.5. The normalized spacial score (nSPS) is 9.73. The van der Waals surface area contributed by atoms with Crippen LogP contribution in [0.5, 0.6) is 0 Å². The third-order valence-corrected chi connectivity index (χ3v) is 1.28. The molecule has 0 bridgehead atoms. The predicted molar refractivity (Wildman–Crippen MR) is 47.4 cm³/mol. The first-order valence-corrected chi connectivity index (χ1v) is 4.29. The van der Waals surface area contributed by atoms with Gasteiger partial charge in [0.2, 0.25) is 0 Å². The molecule has 0 atom stereocenters. The fourth-order valence-electron chi connectivity index (χ4n) is 0.328. The van der Waals surface area contributed by atoms with Crippen LogP contribution in [0.25, 0.3) is 0 Å². The van der Waals surface area contributed by atoms with Gasteiger partial charge >= 0.3 is 7.82 Å². The Kier molecular flexibility index (Phi) is 14.1. The van der Waals surface area contributed by atoms with E-state index < -0.39 is 7.82 Å². The molecule has 2 N–H and O–H groups in total. The molecule has 0 aromatic heterocycles. The Labute approximate surface area is 78.4 Å². The summed E-state index contributed by atoms with van der Waals surface area (Å²) >= 11 is 0. The molecular formula is C4H13Cl2O4P. The smallest absolute Gasteiger partial charge is 0.303 e. The van der Waals surface area contributed by atoms with E-state index in [9.17, 15) is 4.57 Å². The maximum atomic E-state index is 9.98. The Morgan fingerprint density at radius 2 is 1.82 bits per heavy atom. The first-order chi connectivity index (χ1) is 4.06. The number of hydrogen-bond donors (Lipinski definition) is 2. The van der Waals surface area contributed by atoms with Crippen LogP contribution in [0.2, 0.25) is 0 Å². The fourth-order valence-corrected chi connectivity index (χ4v) is 0.695. The van der Waals surface area contributed by atoms with Crippen LogP contribution >= 0.6 is 32.6 Å². The molecular weight excluding hydrogens is 214 g/mol. The molecule has 0 aliphatic rings. The third kappa shape index (κ3) is 18.0. The van der Waals surface area contributed by atoms with Crippen LogP contribution in [-0.2, 0) is 9.09 Å². The Morgan fingerprint density at radius 3 is 2.09 bits per heavy atom. The van der Waals surface area contributed by atoms with Gasteiger partial charge in [-0.3, -0.25) is 4.52 Å². The molecule has 0 saturated heterocycles. The van der Waals surface area contributed by atoms with Crippen molar-refractivity contribution >= 4 is 32.6 Å². The van der Waals surface area contributed by atoms with Gasteiger partial charge in [0.15, 0.2) is 0 Å². The van der Waals surface area contributed by atoms with E-state index in [4.69, 9.17) is 9.79 Å². The Bertz CT molecular complexity index is 115. The molecule has 11 heavy (non-hydrogen) atoms. The lowest BCUT2D eigenvalue weighted by atomic mass is 10.4. The molecule has 0 spiro atoms. The second kappa shape index (κ2) is 8.78. The number of phosphoric acid groups is 1. The van der Waals surface area contributed by atoms with E-state index in [1.807, 2.05) is 6.92 Å². The zero-order valence-electron chi connectivity index (χ0n) is 6.10. The topological polar surface area (TPSA) is 66.8 Å². The first kappa shape index (κ1) is 17.7. The van der Waals surface area contributed by atoms with Crippen LogP contribution in [0.15, 0.2) is 0 Å². The zero-order valence-corrected chi connectivity index (χ0v) is 8.62. The zero-order chi connectivity index (χ0) is 7.33. The minimum Gasteiger partial charge on any atom is -0.303 e. The summed E-state index contributed by atoms with van der Waals surface area (Å²) < 4.78 is 14.1. The standard InChI is InChI=1S/C4H11O4P.2ClH/c1-2-3-4-8-9(5,6)7;;/h2-4H2,1H3,(H2,5,6,7);2*1H. The van der Waals surface area contributed by atoms with Crippen molar-refractivity contribution in [2.24, 2.45) is 0 Å². The van der Waals surface area contributed by atoms with Crippen LogP contribution in [0.4, 0.5) is 0 Å². The summed E-state index contributed by atoms with van der Waals surface area (Å²) in [5.74, 6) is 0. The molecule has 0 aliphatic carbocycles. The van der Waals surface area contributed by atoms with Crippen molar-refractivity contribution in [3.05, 3.63) is 0 Å². The maximum absolute atomic E-state index is 9.98. The average molecular weight is 227 g/mol. The molecule has 72 valence electrons. The molecule has 0 aliphatic heterocycles. The Morgan fingerprint density at radius 1 is 1.36 bits per heavy atom. The molecule has 4 nitrogen and oxygen atoms in total. The van der Waals surface area contributed by atoms with E-state index in [0.717, 1.165) is 6.42 Å². The van der Waals surface area contributed by atoms with Crippen LogP contribution < -0.4 is 0 Å². The van der Waals surface area contributed by atoms with Crippen molar-refractivity contribution in [1.29, 1.82) is 0 Å². The van der Waals surface area contributed by atoms with Crippen molar-refractivity contribution in [3.63, 3.8) is 0 Å². The van der Waals surface area contributed by atoms with Crippen LogP contribution in [0.1, 0.15) is 19.8 Å². The highest BCUT2D eigenvalue weighted by molar-refractivity contribution is 7.46. The molecule has 0 unspecified atom stereocenters. The largest absolute Gasteiger partial charge is 0.469 e. The molecule has 0 radical (unpaired) electrons. The fraction of sp³-hybridized carbons (Fsp3) is 1.00. The number of unbranched alkanes of at least 4 members (excludes halogenated alkanes) is 1. The number of phosphoric ester groups is 1. The SMILES string of the molecule is CCCCOP(=O)(O)O.Cl.Cl. The third-order valence-electron chi connectivity index (χ3n) is 0.757. The van der Waals surface area contributed by atoms with Crippen molar-refractivity contribution in [2.75, 3.05) is 6.61 Å². The van der Waals surface area contributed by atoms with Crippen LogP contribution in [-0.4, -0.2) is 16.4 Å². The van der Waals surface area contributed by atoms with E-state index in [0.29, 0.717) is 6.42 Å². The van der Waals surface area contributed by atoms with Gasteiger partial charge in [-0.2, -0.15) is 0 Å². The van der Waals surface area contributed by atoms with Gasteiger partial charge in [0.1, 0.15) is 0 Å². The van der Waals surface area contributed by atoms with Gasteiger partial charge in [-0.1, -0.05) is 13.3 Å². The van der Waals surface area contributed by atoms with Crippen molar-refractivity contribution in [2.45, 2.75) is 19.8 Å². The highest BCUT2D eigenvalue weighted by Gasteiger charge is 2.11. The lowest BCUT2D eigenvalue weighted by Gasteiger charge is -2.02. The average Bonchev–Trinajstić information content (AvgIpc) is 1.63. The van der Waals surface area contributed by atoms with E-state index in [1.54, 1.807) is 0 Å². The van der Waals surface area contributed by atoms with Gasteiger partial charge in [0.25, 0.3) is 0 Å². The number of halogens is 2. The van der Waals surface area contributed by atoms with Gasteiger partial charge in [-0.15, -0.1) is 24.8 Å². The molecule has 0 aromatic rings. The predicted octanol–water partition coefficient (Wildman–Crippen LogP) is 1.74. The summed E-state index contributed by atoms with van der Waals surface area (Å²) in [5.41, 5.74) is 0. The second-order valence-electron chi connectivity index (χ2n) is 1.68. The van der Waals surface area contributed by atoms with E-state index in [-0.39, 0.29) is 31.4 Å². The highest BCUT2D eigenvalue weighted by Crippen LogP contribution is 2.35. The van der Waals surface area contributed by atoms with E-state index >= 15 is 0 Å². The molecule has 0 saturated carbocycles. The van der Waals surface area contributed by atoms with Crippen LogP contribution in [0.3, 0.4) is 0 Å². The first-order valence-electron chi connectivity index (χ1n) is 2.76. The van der Waals surface area contributed by atoms with Gasteiger partial charge in [-0.25, -0.2) is 4.57 Å². The summed E-state index contributed by atoms with van der Waals surface area (Å²) in [6.07, 6.45) is 1.56. The Balaban J connectivity index is -0.000000320. The van der Waals surface area contributed by atoms with Gasteiger partial charge in [-0.05, 0) is 6.42 Å².